The van der Waals surface area contributed by atoms with E-state index >= 15 is 0 Å². The van der Waals surface area contributed by atoms with Crippen molar-refractivity contribution in [2.24, 2.45) is 0 Å². The minimum absolute atomic E-state index is 0.289. The number of hydrogen-bond donors (Lipinski definition) is 0. The molecule has 1 saturated heterocycles. The average molecular weight is 324 g/mol. The summed E-state index contributed by atoms with van der Waals surface area (Å²) in [6.07, 6.45) is 1.11. The predicted molar refractivity (Wildman–Crippen MR) is 89.0 cm³/mol. The molecule has 0 aliphatic carbocycles. The van der Waals surface area contributed by atoms with E-state index in [0.29, 0.717) is 13.1 Å². The highest BCUT2D eigenvalue weighted by Crippen LogP contribution is 2.24. The molecule has 0 bridgehead atoms. The van der Waals surface area contributed by atoms with Crippen molar-refractivity contribution >= 4 is 21.4 Å². The Bertz CT molecular complexity index is 662. The molecule has 2 rings (SSSR count). The van der Waals surface area contributed by atoms with Gasteiger partial charge in [-0.2, -0.15) is 0 Å². The Labute approximate surface area is 132 Å². The standard InChI is InChI=1S/C16H24N2O3S/c1-12-6-5-7-15(13(12)2)17-8-10-18(11-9-17)16(19)14(3)22(4,20)21/h5-7,14H,8-11H2,1-4H3/t14-/m0/s1. The summed E-state index contributed by atoms with van der Waals surface area (Å²) in [5.74, 6) is -0.289. The number of nitrogens with zero attached hydrogens (tertiary/aromatic N) is 2. The van der Waals surface area contributed by atoms with E-state index in [1.54, 1.807) is 4.90 Å². The number of hydrogen-bond acceptors (Lipinski definition) is 4. The zero-order valence-corrected chi connectivity index (χ0v) is 14.5. The van der Waals surface area contributed by atoms with E-state index in [1.165, 1.54) is 23.7 Å². The van der Waals surface area contributed by atoms with Crippen molar-refractivity contribution in [3.05, 3.63) is 29.3 Å². The first-order chi connectivity index (χ1) is 10.2. The highest BCUT2D eigenvalue weighted by molar-refractivity contribution is 7.92. The van der Waals surface area contributed by atoms with Gasteiger partial charge in [0.2, 0.25) is 5.91 Å². The van der Waals surface area contributed by atoms with Crippen LogP contribution in [-0.4, -0.2) is 56.9 Å². The maximum atomic E-state index is 12.2. The number of amides is 1. The quantitative estimate of drug-likeness (QED) is 0.843. The van der Waals surface area contributed by atoms with Crippen molar-refractivity contribution in [3.8, 4) is 0 Å². The third kappa shape index (κ3) is 3.43. The Kier molecular flexibility index (Phi) is 4.80. The summed E-state index contributed by atoms with van der Waals surface area (Å²) in [5.41, 5.74) is 3.71. The summed E-state index contributed by atoms with van der Waals surface area (Å²) >= 11 is 0. The molecule has 1 aromatic carbocycles. The zero-order valence-electron chi connectivity index (χ0n) is 13.7. The molecule has 0 unspecified atom stereocenters. The number of piperazine rings is 1. The molecule has 1 fully saturated rings. The van der Waals surface area contributed by atoms with Crippen molar-refractivity contribution < 1.29 is 13.2 Å². The minimum atomic E-state index is -3.33. The van der Waals surface area contributed by atoms with E-state index in [4.69, 9.17) is 0 Å². The predicted octanol–water partition coefficient (Wildman–Crippen LogP) is 1.39. The minimum Gasteiger partial charge on any atom is -0.368 e. The van der Waals surface area contributed by atoms with Gasteiger partial charge < -0.3 is 9.80 Å². The Morgan fingerprint density at radius 3 is 2.27 bits per heavy atom. The molecular weight excluding hydrogens is 300 g/mol. The van der Waals surface area contributed by atoms with Gasteiger partial charge in [-0.15, -0.1) is 0 Å². The topological polar surface area (TPSA) is 57.7 Å². The SMILES string of the molecule is Cc1cccc(N2CCN(C(=O)[C@H](C)S(C)(=O)=O)CC2)c1C. The van der Waals surface area contributed by atoms with Crippen LogP contribution in [-0.2, 0) is 14.6 Å². The van der Waals surface area contributed by atoms with Crippen LogP contribution in [0.25, 0.3) is 0 Å². The van der Waals surface area contributed by atoms with Gasteiger partial charge in [0.05, 0.1) is 0 Å². The molecule has 6 heteroatoms. The van der Waals surface area contributed by atoms with Crippen LogP contribution in [0.4, 0.5) is 5.69 Å². The molecule has 1 aliphatic rings. The van der Waals surface area contributed by atoms with Crippen LogP contribution in [0.5, 0.6) is 0 Å². The van der Waals surface area contributed by atoms with Gasteiger partial charge >= 0.3 is 0 Å². The van der Waals surface area contributed by atoms with E-state index in [9.17, 15) is 13.2 Å². The fraction of sp³-hybridized carbons (Fsp3) is 0.562. The lowest BCUT2D eigenvalue weighted by Crippen LogP contribution is -2.52. The molecule has 22 heavy (non-hydrogen) atoms. The molecule has 1 atom stereocenters. The van der Waals surface area contributed by atoms with Crippen LogP contribution in [0.3, 0.4) is 0 Å². The summed E-state index contributed by atoms with van der Waals surface area (Å²) in [5, 5.41) is -0.959. The van der Waals surface area contributed by atoms with Crippen LogP contribution in [0.15, 0.2) is 18.2 Å². The van der Waals surface area contributed by atoms with Gasteiger partial charge in [-0.25, -0.2) is 8.42 Å². The van der Waals surface area contributed by atoms with Crippen molar-refractivity contribution in [3.63, 3.8) is 0 Å². The molecule has 5 nitrogen and oxygen atoms in total. The van der Waals surface area contributed by atoms with E-state index in [0.717, 1.165) is 19.3 Å². The third-order valence-electron chi connectivity index (χ3n) is 4.50. The second kappa shape index (κ2) is 6.28. The highest BCUT2D eigenvalue weighted by Gasteiger charge is 2.30. The summed E-state index contributed by atoms with van der Waals surface area (Å²) in [6.45, 7) is 8.24. The van der Waals surface area contributed by atoms with Gasteiger partial charge in [0, 0.05) is 38.1 Å². The Hall–Kier alpha value is -1.56. The lowest BCUT2D eigenvalue weighted by molar-refractivity contribution is -0.130. The van der Waals surface area contributed by atoms with Crippen molar-refractivity contribution in [1.82, 2.24) is 4.90 Å². The van der Waals surface area contributed by atoms with Gasteiger partial charge in [-0.3, -0.25) is 4.79 Å². The molecule has 0 saturated carbocycles. The fourth-order valence-electron chi connectivity index (χ4n) is 2.69. The normalized spacial score (nSPS) is 17.5. The molecular formula is C16H24N2O3S. The maximum absolute atomic E-state index is 12.2. The number of carbonyl (C=O) groups is 1. The number of sulfone groups is 1. The Morgan fingerprint density at radius 2 is 1.73 bits per heavy atom. The average Bonchev–Trinajstić information content (AvgIpc) is 2.48. The first kappa shape index (κ1) is 16.8. The first-order valence-corrected chi connectivity index (χ1v) is 9.46. The fourth-order valence-corrected chi connectivity index (χ4v) is 3.20. The lowest BCUT2D eigenvalue weighted by atomic mass is 10.1. The van der Waals surface area contributed by atoms with Crippen LogP contribution in [0, 0.1) is 13.8 Å². The largest absolute Gasteiger partial charge is 0.368 e. The second-order valence-corrected chi connectivity index (χ2v) is 8.37. The van der Waals surface area contributed by atoms with Gasteiger partial charge in [0.15, 0.2) is 9.84 Å². The van der Waals surface area contributed by atoms with Crippen LogP contribution < -0.4 is 4.90 Å². The number of rotatable bonds is 3. The van der Waals surface area contributed by atoms with E-state index in [1.807, 2.05) is 6.07 Å². The van der Waals surface area contributed by atoms with E-state index < -0.39 is 15.1 Å². The maximum Gasteiger partial charge on any atom is 0.240 e. The Morgan fingerprint density at radius 1 is 1.14 bits per heavy atom. The molecule has 0 spiro atoms. The van der Waals surface area contributed by atoms with E-state index in [-0.39, 0.29) is 5.91 Å². The summed E-state index contributed by atoms with van der Waals surface area (Å²) in [6, 6.07) is 6.23. The smallest absolute Gasteiger partial charge is 0.240 e. The number of benzene rings is 1. The monoisotopic (exact) mass is 324 g/mol. The van der Waals surface area contributed by atoms with Gasteiger partial charge in [-0.1, -0.05) is 12.1 Å². The lowest BCUT2D eigenvalue weighted by Gasteiger charge is -2.37. The van der Waals surface area contributed by atoms with E-state index in [2.05, 4.69) is 30.9 Å². The number of anilines is 1. The van der Waals surface area contributed by atoms with Crippen molar-refractivity contribution in [1.29, 1.82) is 0 Å². The molecule has 122 valence electrons. The van der Waals surface area contributed by atoms with Crippen LogP contribution in [0.2, 0.25) is 0 Å². The van der Waals surface area contributed by atoms with Crippen molar-refractivity contribution in [2.75, 3.05) is 37.3 Å². The van der Waals surface area contributed by atoms with Crippen LogP contribution >= 0.6 is 0 Å². The summed E-state index contributed by atoms with van der Waals surface area (Å²) < 4.78 is 23.1. The van der Waals surface area contributed by atoms with Crippen LogP contribution in [0.1, 0.15) is 18.1 Å². The summed E-state index contributed by atoms with van der Waals surface area (Å²) in [4.78, 5) is 16.2. The van der Waals surface area contributed by atoms with Gasteiger partial charge in [-0.05, 0) is 38.0 Å². The van der Waals surface area contributed by atoms with Crippen molar-refractivity contribution in [2.45, 2.75) is 26.0 Å². The Balaban J connectivity index is 2.05. The number of aryl methyl sites for hydroxylation is 1. The second-order valence-electron chi connectivity index (χ2n) is 6.00. The van der Waals surface area contributed by atoms with Gasteiger partial charge in [0.25, 0.3) is 0 Å². The molecule has 1 amide bonds. The zero-order chi connectivity index (χ0) is 16.5. The molecule has 1 aliphatic heterocycles. The molecule has 0 N–H and O–H groups in total. The summed E-state index contributed by atoms with van der Waals surface area (Å²) in [7, 11) is -3.33. The molecule has 0 radical (unpaired) electrons. The first-order valence-electron chi connectivity index (χ1n) is 7.50. The molecule has 1 aromatic rings. The molecule has 1 heterocycles. The molecule has 0 aromatic heterocycles. The third-order valence-corrected chi connectivity index (χ3v) is 5.98. The van der Waals surface area contributed by atoms with Gasteiger partial charge in [0.1, 0.15) is 5.25 Å². The highest BCUT2D eigenvalue weighted by atomic mass is 32.2. The number of carbonyl (C=O) groups excluding carboxylic acids is 1.